The number of rotatable bonds is 4. The van der Waals surface area contributed by atoms with Gasteiger partial charge < -0.3 is 14.6 Å². The van der Waals surface area contributed by atoms with Gasteiger partial charge in [0.25, 0.3) is 11.8 Å². The second kappa shape index (κ2) is 7.98. The number of carbonyl (C=O) groups is 2. The van der Waals surface area contributed by atoms with Gasteiger partial charge in [-0.25, -0.2) is 0 Å². The first kappa shape index (κ1) is 19.2. The van der Waals surface area contributed by atoms with Gasteiger partial charge in [0.1, 0.15) is 0 Å². The van der Waals surface area contributed by atoms with E-state index in [1.165, 1.54) is 4.90 Å². The summed E-state index contributed by atoms with van der Waals surface area (Å²) in [6.07, 6.45) is 0. The molecule has 7 heteroatoms. The fourth-order valence-corrected chi connectivity index (χ4v) is 3.02. The molecule has 0 fully saturated rings. The number of hydrogen-bond acceptors (Lipinski definition) is 3. The normalized spacial score (nSPS) is 10.5. The highest BCUT2D eigenvalue weighted by molar-refractivity contribution is 9.10. The van der Waals surface area contributed by atoms with Crippen LogP contribution in [-0.2, 0) is 0 Å². The van der Waals surface area contributed by atoms with Crippen molar-refractivity contribution < 1.29 is 14.0 Å². The van der Waals surface area contributed by atoms with Gasteiger partial charge in [-0.1, -0.05) is 29.8 Å². The van der Waals surface area contributed by atoms with Crippen molar-refractivity contribution in [1.29, 1.82) is 0 Å². The Morgan fingerprint density at radius 3 is 2.52 bits per heavy atom. The molecule has 1 heterocycles. The highest BCUT2D eigenvalue weighted by Crippen LogP contribution is 2.25. The first-order valence-corrected chi connectivity index (χ1v) is 9.24. The van der Waals surface area contributed by atoms with E-state index in [9.17, 15) is 9.59 Å². The fraction of sp³-hybridized carbons (Fsp3) is 0.100. The van der Waals surface area contributed by atoms with Gasteiger partial charge in [0, 0.05) is 17.8 Å². The summed E-state index contributed by atoms with van der Waals surface area (Å²) in [6.45, 7) is 1.89. The Bertz CT molecular complexity index is 1020. The van der Waals surface area contributed by atoms with Crippen molar-refractivity contribution in [3.63, 3.8) is 0 Å². The number of para-hydroxylation sites is 1. The maximum Gasteiger partial charge on any atom is 0.293 e. The zero-order valence-electron chi connectivity index (χ0n) is 14.6. The van der Waals surface area contributed by atoms with Crippen LogP contribution in [0.15, 0.2) is 63.7 Å². The Labute approximate surface area is 170 Å². The SMILES string of the molecule is Cc1ccc(NC(=O)c2ccccc2N(C)C(=O)c2ccc(Br)o2)cc1Cl. The van der Waals surface area contributed by atoms with Crippen molar-refractivity contribution in [2.24, 2.45) is 0 Å². The van der Waals surface area contributed by atoms with Gasteiger partial charge in [-0.2, -0.15) is 0 Å². The van der Waals surface area contributed by atoms with E-state index in [2.05, 4.69) is 21.2 Å². The number of benzene rings is 2. The lowest BCUT2D eigenvalue weighted by Crippen LogP contribution is -2.28. The molecule has 0 radical (unpaired) electrons. The number of furan rings is 1. The average molecular weight is 448 g/mol. The Morgan fingerprint density at radius 1 is 1.11 bits per heavy atom. The summed E-state index contributed by atoms with van der Waals surface area (Å²) < 4.78 is 5.78. The van der Waals surface area contributed by atoms with Gasteiger partial charge in [-0.15, -0.1) is 0 Å². The number of nitrogens with zero attached hydrogens (tertiary/aromatic N) is 1. The molecular weight excluding hydrogens is 432 g/mol. The van der Waals surface area contributed by atoms with E-state index in [0.29, 0.717) is 26.6 Å². The lowest BCUT2D eigenvalue weighted by molar-refractivity contribution is 0.0965. The lowest BCUT2D eigenvalue weighted by atomic mass is 10.1. The van der Waals surface area contributed by atoms with E-state index in [1.54, 1.807) is 55.6 Å². The number of halogens is 2. The van der Waals surface area contributed by atoms with Crippen LogP contribution in [0.4, 0.5) is 11.4 Å². The molecule has 5 nitrogen and oxygen atoms in total. The van der Waals surface area contributed by atoms with E-state index in [1.807, 2.05) is 13.0 Å². The molecule has 0 unspecified atom stereocenters. The second-order valence-corrected chi connectivity index (χ2v) is 7.09. The number of hydrogen-bond donors (Lipinski definition) is 1. The highest BCUT2D eigenvalue weighted by Gasteiger charge is 2.22. The van der Waals surface area contributed by atoms with E-state index in [-0.39, 0.29) is 17.6 Å². The van der Waals surface area contributed by atoms with E-state index >= 15 is 0 Å². The van der Waals surface area contributed by atoms with Crippen LogP contribution in [0, 0.1) is 6.92 Å². The molecule has 0 saturated carbocycles. The molecular formula is C20H16BrClN2O3. The Morgan fingerprint density at radius 2 is 1.85 bits per heavy atom. The summed E-state index contributed by atoms with van der Waals surface area (Å²) in [5, 5.41) is 3.38. The number of amides is 2. The molecule has 1 N–H and O–H groups in total. The van der Waals surface area contributed by atoms with Gasteiger partial charge in [0.05, 0.1) is 11.3 Å². The van der Waals surface area contributed by atoms with Crippen LogP contribution in [0.25, 0.3) is 0 Å². The molecule has 3 rings (SSSR count). The maximum absolute atomic E-state index is 12.8. The minimum atomic E-state index is -0.362. The molecule has 0 aliphatic carbocycles. The summed E-state index contributed by atoms with van der Waals surface area (Å²) in [7, 11) is 1.59. The lowest BCUT2D eigenvalue weighted by Gasteiger charge is -2.19. The van der Waals surface area contributed by atoms with Gasteiger partial charge in [-0.05, 0) is 64.8 Å². The Balaban J connectivity index is 1.87. The van der Waals surface area contributed by atoms with E-state index in [4.69, 9.17) is 16.0 Å². The van der Waals surface area contributed by atoms with Crippen LogP contribution in [0.1, 0.15) is 26.5 Å². The zero-order valence-corrected chi connectivity index (χ0v) is 17.0. The molecule has 0 aliphatic rings. The molecule has 2 aromatic carbocycles. The number of aryl methyl sites for hydroxylation is 1. The molecule has 1 aromatic heterocycles. The number of anilines is 2. The van der Waals surface area contributed by atoms with Crippen LogP contribution in [0.5, 0.6) is 0 Å². The topological polar surface area (TPSA) is 62.6 Å². The van der Waals surface area contributed by atoms with Crippen molar-refractivity contribution in [2.45, 2.75) is 6.92 Å². The van der Waals surface area contributed by atoms with Crippen LogP contribution < -0.4 is 10.2 Å². The highest BCUT2D eigenvalue weighted by atomic mass is 79.9. The van der Waals surface area contributed by atoms with Gasteiger partial charge >= 0.3 is 0 Å². The van der Waals surface area contributed by atoms with Crippen molar-refractivity contribution in [2.75, 3.05) is 17.3 Å². The molecule has 0 aliphatic heterocycles. The molecule has 0 atom stereocenters. The van der Waals surface area contributed by atoms with Crippen LogP contribution in [0.2, 0.25) is 5.02 Å². The smallest absolute Gasteiger partial charge is 0.293 e. The predicted molar refractivity (Wildman–Crippen MR) is 110 cm³/mol. The maximum atomic E-state index is 12.8. The fourth-order valence-electron chi connectivity index (χ4n) is 2.53. The quantitative estimate of drug-likeness (QED) is 0.572. The van der Waals surface area contributed by atoms with Crippen LogP contribution >= 0.6 is 27.5 Å². The second-order valence-electron chi connectivity index (χ2n) is 5.90. The van der Waals surface area contributed by atoms with Crippen molar-refractivity contribution in [3.8, 4) is 0 Å². The molecule has 138 valence electrons. The van der Waals surface area contributed by atoms with Crippen molar-refractivity contribution >= 4 is 50.7 Å². The third-order valence-electron chi connectivity index (χ3n) is 4.03. The monoisotopic (exact) mass is 446 g/mol. The van der Waals surface area contributed by atoms with E-state index in [0.717, 1.165) is 5.56 Å². The predicted octanol–water partition coefficient (Wildman–Crippen LogP) is 5.53. The average Bonchev–Trinajstić information content (AvgIpc) is 3.10. The minimum absolute atomic E-state index is 0.171. The molecule has 3 aromatic rings. The van der Waals surface area contributed by atoms with Crippen molar-refractivity contribution in [1.82, 2.24) is 0 Å². The van der Waals surface area contributed by atoms with Crippen LogP contribution in [-0.4, -0.2) is 18.9 Å². The molecule has 0 saturated heterocycles. The Kier molecular flexibility index (Phi) is 5.68. The molecule has 2 amide bonds. The van der Waals surface area contributed by atoms with Crippen molar-refractivity contribution in [3.05, 3.63) is 81.2 Å². The van der Waals surface area contributed by atoms with Gasteiger partial charge in [-0.3, -0.25) is 9.59 Å². The standard InChI is InChI=1S/C20H16BrClN2O3/c1-12-7-8-13(11-15(12)22)23-19(25)14-5-3-4-6-16(14)24(2)20(26)17-9-10-18(21)27-17/h3-11H,1-2H3,(H,23,25). The summed E-state index contributed by atoms with van der Waals surface area (Å²) >= 11 is 9.30. The first-order valence-electron chi connectivity index (χ1n) is 8.06. The summed E-state index contributed by atoms with van der Waals surface area (Å²) in [5.41, 5.74) is 2.32. The third kappa shape index (κ3) is 4.23. The molecule has 27 heavy (non-hydrogen) atoms. The summed E-state index contributed by atoms with van der Waals surface area (Å²) in [4.78, 5) is 26.8. The first-order chi connectivity index (χ1) is 12.9. The Hall–Kier alpha value is -2.57. The molecule has 0 spiro atoms. The van der Waals surface area contributed by atoms with Crippen LogP contribution in [0.3, 0.4) is 0 Å². The largest absolute Gasteiger partial charge is 0.444 e. The number of nitrogens with one attached hydrogen (secondary N) is 1. The van der Waals surface area contributed by atoms with Gasteiger partial charge in [0.2, 0.25) is 0 Å². The number of carbonyl (C=O) groups excluding carboxylic acids is 2. The third-order valence-corrected chi connectivity index (χ3v) is 4.86. The summed E-state index contributed by atoms with van der Waals surface area (Å²) in [5.74, 6) is -0.532. The van der Waals surface area contributed by atoms with E-state index < -0.39 is 0 Å². The minimum Gasteiger partial charge on any atom is -0.444 e. The zero-order chi connectivity index (χ0) is 19.6. The summed E-state index contributed by atoms with van der Waals surface area (Å²) in [6, 6.07) is 15.4. The molecule has 0 bridgehead atoms. The van der Waals surface area contributed by atoms with Gasteiger partial charge in [0.15, 0.2) is 10.4 Å².